The van der Waals surface area contributed by atoms with Crippen LogP contribution in [-0.2, 0) is 6.54 Å². The largest absolute Gasteiger partial charge is 0.311 e. The van der Waals surface area contributed by atoms with Crippen molar-refractivity contribution in [1.29, 1.82) is 0 Å². The Morgan fingerprint density at radius 2 is 2.00 bits per heavy atom. The predicted molar refractivity (Wildman–Crippen MR) is 63.0 cm³/mol. The summed E-state index contributed by atoms with van der Waals surface area (Å²) >= 11 is 5.61. The second-order valence-corrected chi connectivity index (χ2v) is 4.10. The Kier molecular flexibility index (Phi) is 4.99. The normalized spacial score (nSPS) is 10.9. The molecular formula is C12H18ClN. The zero-order valence-electron chi connectivity index (χ0n) is 8.89. The molecule has 0 fully saturated rings. The molecule has 1 N–H and O–H groups in total. The fourth-order valence-corrected chi connectivity index (χ4v) is 1.68. The van der Waals surface area contributed by atoms with E-state index in [1.807, 2.05) is 0 Å². The summed E-state index contributed by atoms with van der Waals surface area (Å²) in [6.45, 7) is 6.23. The molecule has 0 aliphatic carbocycles. The molecule has 0 saturated heterocycles. The average molecular weight is 212 g/mol. The summed E-state index contributed by atoms with van der Waals surface area (Å²) in [4.78, 5) is 0. The lowest BCUT2D eigenvalue weighted by atomic mass is 9.97. The number of rotatable bonds is 5. The lowest BCUT2D eigenvalue weighted by Crippen LogP contribution is -2.16. The van der Waals surface area contributed by atoms with E-state index in [2.05, 4.69) is 43.4 Å². The van der Waals surface area contributed by atoms with Crippen LogP contribution in [0, 0.1) is 0 Å². The first-order valence-corrected chi connectivity index (χ1v) is 5.63. The highest BCUT2D eigenvalue weighted by Gasteiger charge is 2.04. The van der Waals surface area contributed by atoms with Crippen molar-refractivity contribution in [3.63, 3.8) is 0 Å². The van der Waals surface area contributed by atoms with Gasteiger partial charge in [0, 0.05) is 19.0 Å². The van der Waals surface area contributed by atoms with Gasteiger partial charge in [-0.1, -0.05) is 38.1 Å². The Balaban J connectivity index is 2.64. The Hall–Kier alpha value is -0.530. The molecule has 78 valence electrons. The van der Waals surface area contributed by atoms with Crippen molar-refractivity contribution in [1.82, 2.24) is 5.32 Å². The van der Waals surface area contributed by atoms with Crippen molar-refractivity contribution in [2.45, 2.75) is 26.3 Å². The topological polar surface area (TPSA) is 12.0 Å². The molecule has 1 aromatic carbocycles. The van der Waals surface area contributed by atoms with Crippen molar-refractivity contribution < 1.29 is 0 Å². The molecule has 0 bridgehead atoms. The zero-order valence-corrected chi connectivity index (χ0v) is 9.64. The van der Waals surface area contributed by atoms with Crippen LogP contribution in [0.4, 0.5) is 0 Å². The van der Waals surface area contributed by atoms with Crippen LogP contribution < -0.4 is 5.32 Å². The molecule has 0 amide bonds. The maximum atomic E-state index is 5.61. The first-order valence-electron chi connectivity index (χ1n) is 5.10. The molecule has 0 radical (unpaired) electrons. The second kappa shape index (κ2) is 6.05. The Morgan fingerprint density at radius 1 is 1.29 bits per heavy atom. The van der Waals surface area contributed by atoms with Gasteiger partial charge in [-0.05, 0) is 17.0 Å². The number of alkyl halides is 1. The molecule has 0 aliphatic heterocycles. The predicted octanol–water partition coefficient (Wildman–Crippen LogP) is 3.14. The van der Waals surface area contributed by atoms with Gasteiger partial charge in [0.05, 0.1) is 0 Å². The summed E-state index contributed by atoms with van der Waals surface area (Å²) in [5, 5.41) is 3.31. The first-order chi connectivity index (χ1) is 6.75. The average Bonchev–Trinajstić information content (AvgIpc) is 2.19. The third kappa shape index (κ3) is 3.32. The first kappa shape index (κ1) is 11.5. The van der Waals surface area contributed by atoms with E-state index in [0.717, 1.165) is 13.1 Å². The van der Waals surface area contributed by atoms with Crippen LogP contribution in [0.1, 0.15) is 30.9 Å². The van der Waals surface area contributed by atoms with Crippen molar-refractivity contribution in [3.8, 4) is 0 Å². The Bertz CT molecular complexity index is 271. The standard InChI is InChI=1S/C12H18ClN/c1-10(2)12-6-4-3-5-11(12)9-14-8-7-13/h3-6,10,14H,7-9H2,1-2H3. The third-order valence-corrected chi connectivity index (χ3v) is 2.45. The summed E-state index contributed by atoms with van der Waals surface area (Å²) in [5.41, 5.74) is 2.81. The van der Waals surface area contributed by atoms with Crippen molar-refractivity contribution in [2.24, 2.45) is 0 Å². The molecule has 0 heterocycles. The minimum atomic E-state index is 0.587. The summed E-state index contributed by atoms with van der Waals surface area (Å²) in [7, 11) is 0. The number of benzene rings is 1. The van der Waals surface area contributed by atoms with Crippen LogP contribution in [0.5, 0.6) is 0 Å². The second-order valence-electron chi connectivity index (χ2n) is 3.72. The van der Waals surface area contributed by atoms with Crippen molar-refractivity contribution in [2.75, 3.05) is 12.4 Å². The van der Waals surface area contributed by atoms with Gasteiger partial charge >= 0.3 is 0 Å². The Labute approximate surface area is 91.5 Å². The lowest BCUT2D eigenvalue weighted by Gasteiger charge is -2.12. The molecule has 0 saturated carbocycles. The van der Waals surface area contributed by atoms with Crippen LogP contribution in [0.25, 0.3) is 0 Å². The molecule has 2 heteroatoms. The molecule has 0 spiro atoms. The maximum Gasteiger partial charge on any atom is 0.0348 e. The number of nitrogens with one attached hydrogen (secondary N) is 1. The highest BCUT2D eigenvalue weighted by Crippen LogP contribution is 2.18. The van der Waals surface area contributed by atoms with E-state index >= 15 is 0 Å². The minimum Gasteiger partial charge on any atom is -0.311 e. The van der Waals surface area contributed by atoms with Crippen molar-refractivity contribution >= 4 is 11.6 Å². The molecule has 0 aliphatic rings. The van der Waals surface area contributed by atoms with E-state index in [-0.39, 0.29) is 0 Å². The van der Waals surface area contributed by atoms with Gasteiger partial charge in [0.15, 0.2) is 0 Å². The fraction of sp³-hybridized carbons (Fsp3) is 0.500. The minimum absolute atomic E-state index is 0.587. The molecular weight excluding hydrogens is 194 g/mol. The van der Waals surface area contributed by atoms with Gasteiger partial charge in [-0.25, -0.2) is 0 Å². The number of halogens is 1. The van der Waals surface area contributed by atoms with Crippen LogP contribution in [0.2, 0.25) is 0 Å². The highest BCUT2D eigenvalue weighted by molar-refractivity contribution is 6.18. The highest BCUT2D eigenvalue weighted by atomic mass is 35.5. The van der Waals surface area contributed by atoms with E-state index in [9.17, 15) is 0 Å². The molecule has 1 aromatic rings. The van der Waals surface area contributed by atoms with E-state index in [4.69, 9.17) is 11.6 Å². The summed E-state index contributed by atoms with van der Waals surface area (Å²) in [6.07, 6.45) is 0. The molecule has 1 rings (SSSR count). The van der Waals surface area contributed by atoms with Crippen LogP contribution in [0.3, 0.4) is 0 Å². The Morgan fingerprint density at radius 3 is 2.64 bits per heavy atom. The van der Waals surface area contributed by atoms with Gasteiger partial charge in [0.1, 0.15) is 0 Å². The molecule has 1 nitrogen and oxygen atoms in total. The monoisotopic (exact) mass is 211 g/mol. The van der Waals surface area contributed by atoms with Gasteiger partial charge in [-0.15, -0.1) is 11.6 Å². The fourth-order valence-electron chi connectivity index (χ4n) is 1.55. The number of hydrogen-bond donors (Lipinski definition) is 1. The SMILES string of the molecule is CC(C)c1ccccc1CNCCCl. The quantitative estimate of drug-likeness (QED) is 0.583. The molecule has 0 atom stereocenters. The molecule has 0 unspecified atom stereocenters. The smallest absolute Gasteiger partial charge is 0.0348 e. The summed E-state index contributed by atoms with van der Waals surface area (Å²) in [5.74, 6) is 1.26. The zero-order chi connectivity index (χ0) is 10.4. The lowest BCUT2D eigenvalue weighted by molar-refractivity contribution is 0.713. The van der Waals surface area contributed by atoms with E-state index in [1.165, 1.54) is 11.1 Å². The van der Waals surface area contributed by atoms with Gasteiger partial charge in [-0.3, -0.25) is 0 Å². The van der Waals surface area contributed by atoms with Gasteiger partial charge < -0.3 is 5.32 Å². The van der Waals surface area contributed by atoms with Crippen LogP contribution >= 0.6 is 11.6 Å². The third-order valence-electron chi connectivity index (χ3n) is 2.26. The number of hydrogen-bond acceptors (Lipinski definition) is 1. The summed E-state index contributed by atoms with van der Waals surface area (Å²) in [6, 6.07) is 8.56. The molecule has 14 heavy (non-hydrogen) atoms. The van der Waals surface area contributed by atoms with E-state index in [1.54, 1.807) is 0 Å². The van der Waals surface area contributed by atoms with Gasteiger partial charge in [0.2, 0.25) is 0 Å². The summed E-state index contributed by atoms with van der Waals surface area (Å²) < 4.78 is 0. The van der Waals surface area contributed by atoms with Crippen molar-refractivity contribution in [3.05, 3.63) is 35.4 Å². The van der Waals surface area contributed by atoms with Crippen LogP contribution in [-0.4, -0.2) is 12.4 Å². The van der Waals surface area contributed by atoms with E-state index in [0.29, 0.717) is 11.8 Å². The maximum absolute atomic E-state index is 5.61. The van der Waals surface area contributed by atoms with Gasteiger partial charge in [0.25, 0.3) is 0 Å². The van der Waals surface area contributed by atoms with Crippen LogP contribution in [0.15, 0.2) is 24.3 Å². The van der Waals surface area contributed by atoms with E-state index < -0.39 is 0 Å². The van der Waals surface area contributed by atoms with Gasteiger partial charge in [-0.2, -0.15) is 0 Å². The molecule has 0 aromatic heterocycles.